The average molecular weight is 299 g/mol. The number of rotatable bonds is 2. The maximum absolute atomic E-state index is 12.2. The van der Waals surface area contributed by atoms with Crippen LogP contribution in [0.3, 0.4) is 0 Å². The lowest BCUT2D eigenvalue weighted by molar-refractivity contribution is -0.385. The van der Waals surface area contributed by atoms with Crippen molar-refractivity contribution in [2.24, 2.45) is 0 Å². The van der Waals surface area contributed by atoms with Gasteiger partial charge < -0.3 is 5.11 Å². The summed E-state index contributed by atoms with van der Waals surface area (Å²) in [5, 5.41) is 20.2. The predicted octanol–water partition coefficient (Wildman–Crippen LogP) is 3.63. The molecule has 0 bridgehead atoms. The van der Waals surface area contributed by atoms with Crippen molar-refractivity contribution in [3.63, 3.8) is 0 Å². The summed E-state index contributed by atoms with van der Waals surface area (Å²) < 4.78 is 0. The molecule has 0 unspecified atom stereocenters. The monoisotopic (exact) mass is 299 g/mol. The zero-order valence-electron chi connectivity index (χ0n) is 10.6. The van der Waals surface area contributed by atoms with Gasteiger partial charge in [-0.05, 0) is 29.8 Å². The van der Waals surface area contributed by atoms with Crippen molar-refractivity contribution in [3.05, 3.63) is 68.6 Å². The van der Waals surface area contributed by atoms with Crippen LogP contribution in [0.5, 0.6) is 5.75 Å². The lowest BCUT2D eigenvalue weighted by Crippen LogP contribution is -1.94. The maximum atomic E-state index is 12.2. The molecule has 1 N–H and O–H groups in total. The Morgan fingerprint density at radius 2 is 1.95 bits per heavy atom. The van der Waals surface area contributed by atoms with Gasteiger partial charge in [0.2, 0.25) is 5.78 Å². The molecule has 6 heteroatoms. The van der Waals surface area contributed by atoms with E-state index in [1.165, 1.54) is 30.0 Å². The first kappa shape index (κ1) is 13.4. The molecule has 1 aliphatic heterocycles. The van der Waals surface area contributed by atoms with Gasteiger partial charge in [-0.3, -0.25) is 14.9 Å². The lowest BCUT2D eigenvalue weighted by Gasteiger charge is -1.99. The Morgan fingerprint density at radius 1 is 1.19 bits per heavy atom. The smallest absolute Gasteiger partial charge is 0.311 e. The zero-order valence-corrected chi connectivity index (χ0v) is 11.5. The van der Waals surface area contributed by atoms with Gasteiger partial charge >= 0.3 is 5.69 Å². The van der Waals surface area contributed by atoms with Crippen molar-refractivity contribution in [2.45, 2.75) is 4.90 Å². The van der Waals surface area contributed by atoms with E-state index in [0.717, 1.165) is 4.90 Å². The largest absolute Gasteiger partial charge is 0.502 e. The third-order valence-electron chi connectivity index (χ3n) is 3.07. The fourth-order valence-corrected chi connectivity index (χ4v) is 3.12. The van der Waals surface area contributed by atoms with E-state index < -0.39 is 10.7 Å². The van der Waals surface area contributed by atoms with E-state index in [0.29, 0.717) is 16.0 Å². The highest BCUT2D eigenvalue weighted by Gasteiger charge is 2.25. The zero-order chi connectivity index (χ0) is 15.0. The van der Waals surface area contributed by atoms with Gasteiger partial charge in [0.1, 0.15) is 0 Å². The van der Waals surface area contributed by atoms with Crippen LogP contribution in [0.1, 0.15) is 15.9 Å². The minimum atomic E-state index is -0.657. The van der Waals surface area contributed by atoms with Crippen LogP contribution >= 0.6 is 11.8 Å². The van der Waals surface area contributed by atoms with Crippen LogP contribution in [0.25, 0.3) is 6.08 Å². The van der Waals surface area contributed by atoms with Crippen LogP contribution < -0.4 is 0 Å². The summed E-state index contributed by atoms with van der Waals surface area (Å²) in [4.78, 5) is 23.8. The number of nitrogens with zero attached hydrogens (tertiary/aromatic N) is 1. The first-order valence-electron chi connectivity index (χ1n) is 6.07. The van der Waals surface area contributed by atoms with Gasteiger partial charge in [0, 0.05) is 16.5 Å². The summed E-state index contributed by atoms with van der Waals surface area (Å²) in [6.07, 6.45) is 1.60. The molecule has 0 saturated heterocycles. The standard InChI is InChI=1S/C15H9NO4S/c17-12-6-5-9(7-11(12)16(19)20)8-14-15(18)10-3-1-2-4-13(10)21-14/h1-8,17H. The van der Waals surface area contributed by atoms with E-state index in [2.05, 4.69) is 0 Å². The van der Waals surface area contributed by atoms with Crippen LogP contribution in [-0.4, -0.2) is 15.8 Å². The summed E-state index contributed by atoms with van der Waals surface area (Å²) in [7, 11) is 0. The molecule has 0 spiro atoms. The lowest BCUT2D eigenvalue weighted by atomic mass is 10.1. The normalized spacial score (nSPS) is 15.2. The Balaban J connectivity index is 2.00. The van der Waals surface area contributed by atoms with Gasteiger partial charge in [0.05, 0.1) is 9.83 Å². The number of phenols is 1. The number of carbonyl (C=O) groups excluding carboxylic acids is 1. The Hall–Kier alpha value is -2.60. The second-order valence-electron chi connectivity index (χ2n) is 4.44. The van der Waals surface area contributed by atoms with Crippen molar-refractivity contribution in [2.75, 3.05) is 0 Å². The maximum Gasteiger partial charge on any atom is 0.311 e. The van der Waals surface area contributed by atoms with E-state index in [-0.39, 0.29) is 11.5 Å². The summed E-state index contributed by atoms with van der Waals surface area (Å²) in [5.74, 6) is -0.484. The average Bonchev–Trinajstić information content (AvgIpc) is 2.78. The molecule has 0 radical (unpaired) electrons. The molecular weight excluding hydrogens is 290 g/mol. The predicted molar refractivity (Wildman–Crippen MR) is 79.4 cm³/mol. The summed E-state index contributed by atoms with van der Waals surface area (Å²) >= 11 is 1.34. The number of hydrogen-bond donors (Lipinski definition) is 1. The second kappa shape index (κ2) is 5.06. The number of Topliss-reactive ketones (excluding diaryl/α,β-unsaturated/α-hetero) is 1. The molecule has 0 amide bonds. The molecular formula is C15H9NO4S. The molecule has 2 aromatic carbocycles. The Morgan fingerprint density at radius 3 is 2.67 bits per heavy atom. The highest BCUT2D eigenvalue weighted by Crippen LogP contribution is 2.41. The van der Waals surface area contributed by atoms with E-state index in [1.807, 2.05) is 12.1 Å². The fourth-order valence-electron chi connectivity index (χ4n) is 2.06. The van der Waals surface area contributed by atoms with Crippen LogP contribution in [0, 0.1) is 10.1 Å². The second-order valence-corrected chi connectivity index (χ2v) is 5.52. The molecule has 3 rings (SSSR count). The van der Waals surface area contributed by atoms with Gasteiger partial charge in [0.25, 0.3) is 0 Å². The van der Waals surface area contributed by atoms with Gasteiger partial charge in [-0.25, -0.2) is 0 Å². The van der Waals surface area contributed by atoms with Crippen molar-refractivity contribution in [3.8, 4) is 5.75 Å². The number of hydrogen-bond acceptors (Lipinski definition) is 5. The summed E-state index contributed by atoms with van der Waals surface area (Å²) in [5.41, 5.74) is 0.766. The number of carbonyl (C=O) groups is 1. The number of fused-ring (bicyclic) bond motifs is 1. The molecule has 5 nitrogen and oxygen atoms in total. The van der Waals surface area contributed by atoms with Crippen LogP contribution in [0.2, 0.25) is 0 Å². The van der Waals surface area contributed by atoms with E-state index in [1.54, 1.807) is 18.2 Å². The highest BCUT2D eigenvalue weighted by molar-refractivity contribution is 8.04. The Bertz CT molecular complexity index is 798. The number of phenolic OH excluding ortho intramolecular Hbond substituents is 1. The third-order valence-corrected chi connectivity index (χ3v) is 4.17. The number of thioether (sulfide) groups is 1. The van der Waals surface area contributed by atoms with Crippen molar-refractivity contribution < 1.29 is 14.8 Å². The number of aromatic hydroxyl groups is 1. The highest BCUT2D eigenvalue weighted by atomic mass is 32.2. The number of nitro groups is 1. The molecule has 0 saturated carbocycles. The molecule has 1 aliphatic rings. The molecule has 0 fully saturated rings. The van der Waals surface area contributed by atoms with E-state index in [4.69, 9.17) is 0 Å². The van der Waals surface area contributed by atoms with Crippen molar-refractivity contribution >= 4 is 29.3 Å². The minimum absolute atomic E-state index is 0.0914. The molecule has 1 heterocycles. The summed E-state index contributed by atoms with van der Waals surface area (Å²) in [6.45, 7) is 0. The van der Waals surface area contributed by atoms with Gasteiger partial charge in [-0.2, -0.15) is 0 Å². The van der Waals surface area contributed by atoms with Crippen LogP contribution in [0.15, 0.2) is 52.3 Å². The number of allylic oxidation sites excluding steroid dienone is 1. The first-order valence-corrected chi connectivity index (χ1v) is 6.88. The quantitative estimate of drug-likeness (QED) is 0.520. The topological polar surface area (TPSA) is 80.4 Å². The van der Waals surface area contributed by atoms with Gasteiger partial charge in [-0.15, -0.1) is 0 Å². The molecule has 0 aromatic heterocycles. The molecule has 2 aromatic rings. The van der Waals surface area contributed by atoms with Crippen LogP contribution in [0.4, 0.5) is 5.69 Å². The van der Waals surface area contributed by atoms with E-state index >= 15 is 0 Å². The number of nitro benzene ring substituents is 1. The summed E-state index contributed by atoms with van der Waals surface area (Å²) in [6, 6.07) is 11.3. The number of benzene rings is 2. The Labute approximate surface area is 124 Å². The fraction of sp³-hybridized carbons (Fsp3) is 0. The first-order chi connectivity index (χ1) is 10.1. The molecule has 104 valence electrons. The molecule has 0 atom stereocenters. The number of ketones is 1. The SMILES string of the molecule is O=C1C(=Cc2ccc(O)c([N+](=O)[O-])c2)Sc2ccccc21. The molecule has 0 aliphatic carbocycles. The minimum Gasteiger partial charge on any atom is -0.502 e. The molecule has 21 heavy (non-hydrogen) atoms. The Kier molecular flexibility index (Phi) is 3.23. The third kappa shape index (κ3) is 2.41. The van der Waals surface area contributed by atoms with Gasteiger partial charge in [-0.1, -0.05) is 30.0 Å². The van der Waals surface area contributed by atoms with Crippen molar-refractivity contribution in [1.82, 2.24) is 0 Å². The van der Waals surface area contributed by atoms with Gasteiger partial charge in [0.15, 0.2) is 5.75 Å². The van der Waals surface area contributed by atoms with E-state index in [9.17, 15) is 20.0 Å². The van der Waals surface area contributed by atoms with Crippen molar-refractivity contribution in [1.29, 1.82) is 0 Å². The van der Waals surface area contributed by atoms with Crippen LogP contribution in [-0.2, 0) is 0 Å².